The van der Waals surface area contributed by atoms with Crippen LogP contribution in [0.4, 0.5) is 0 Å². The van der Waals surface area contributed by atoms with Crippen LogP contribution in [0.1, 0.15) is 52.5 Å². The highest BCUT2D eigenvalue weighted by Crippen LogP contribution is 2.41. The summed E-state index contributed by atoms with van der Waals surface area (Å²) in [6.07, 6.45) is 17.4. The van der Waals surface area contributed by atoms with E-state index in [-0.39, 0.29) is 11.4 Å². The number of ether oxygens (including phenoxy) is 1. The molecule has 5 heteroatoms. The fourth-order valence-corrected chi connectivity index (χ4v) is 3.59. The van der Waals surface area contributed by atoms with E-state index in [9.17, 15) is 5.11 Å². The monoisotopic (exact) mass is 412 g/mol. The van der Waals surface area contributed by atoms with E-state index in [1.165, 1.54) is 35.8 Å². The molecule has 1 aromatic rings. The summed E-state index contributed by atoms with van der Waals surface area (Å²) in [6.45, 7) is 10.1. The molecule has 2 rings (SSSR count). The Labute approximate surface area is 181 Å². The van der Waals surface area contributed by atoms with Gasteiger partial charge in [-0.1, -0.05) is 60.5 Å². The number of aromatic nitrogens is 1. The van der Waals surface area contributed by atoms with Crippen LogP contribution in [0.3, 0.4) is 0 Å². The van der Waals surface area contributed by atoms with Crippen LogP contribution in [0.15, 0.2) is 63.4 Å². The minimum atomic E-state index is -0.161. The molecule has 0 saturated carbocycles. The summed E-state index contributed by atoms with van der Waals surface area (Å²) >= 11 is 0. The molecule has 5 nitrogen and oxygen atoms in total. The molecule has 1 aromatic heterocycles. The SMILES string of the molecule is CC(/C=C/C1=C(COCN(C)C)CCCC1(C)C)=C\C=C\C(C)=C\c1cnoc1O. The van der Waals surface area contributed by atoms with E-state index in [4.69, 9.17) is 4.74 Å². The lowest BCUT2D eigenvalue weighted by Crippen LogP contribution is -2.23. The minimum Gasteiger partial charge on any atom is -0.479 e. The highest BCUT2D eigenvalue weighted by atomic mass is 16.5. The molecule has 0 bridgehead atoms. The van der Waals surface area contributed by atoms with Gasteiger partial charge in [0, 0.05) is 0 Å². The Hall–Kier alpha value is -2.37. The molecule has 0 spiro atoms. The first-order valence-electron chi connectivity index (χ1n) is 10.5. The van der Waals surface area contributed by atoms with Crippen LogP contribution in [0.5, 0.6) is 5.95 Å². The lowest BCUT2D eigenvalue weighted by Gasteiger charge is -2.34. The van der Waals surface area contributed by atoms with Crippen molar-refractivity contribution in [1.82, 2.24) is 10.1 Å². The van der Waals surface area contributed by atoms with Gasteiger partial charge in [-0.05, 0) is 69.8 Å². The van der Waals surface area contributed by atoms with E-state index in [2.05, 4.69) is 48.7 Å². The predicted molar refractivity (Wildman–Crippen MR) is 123 cm³/mol. The summed E-state index contributed by atoms with van der Waals surface area (Å²) < 4.78 is 10.5. The van der Waals surface area contributed by atoms with Crippen molar-refractivity contribution < 1.29 is 14.4 Å². The number of rotatable bonds is 9. The van der Waals surface area contributed by atoms with E-state index in [0.717, 1.165) is 12.0 Å². The molecule has 164 valence electrons. The van der Waals surface area contributed by atoms with Gasteiger partial charge in [0.15, 0.2) is 0 Å². The molecule has 1 aliphatic carbocycles. The fraction of sp³-hybridized carbons (Fsp3) is 0.480. The van der Waals surface area contributed by atoms with E-state index >= 15 is 0 Å². The van der Waals surface area contributed by atoms with Crippen LogP contribution in [0.2, 0.25) is 0 Å². The quantitative estimate of drug-likeness (QED) is 0.405. The Kier molecular flexibility index (Phi) is 8.88. The Balaban J connectivity index is 2.08. The average Bonchev–Trinajstić information content (AvgIpc) is 3.05. The predicted octanol–water partition coefficient (Wildman–Crippen LogP) is 5.88. The Morgan fingerprint density at radius 1 is 1.27 bits per heavy atom. The van der Waals surface area contributed by atoms with Gasteiger partial charge >= 0.3 is 5.95 Å². The summed E-state index contributed by atoms with van der Waals surface area (Å²) in [5, 5.41) is 13.1. The molecule has 0 radical (unpaired) electrons. The molecular formula is C25H36N2O3. The van der Waals surface area contributed by atoms with Crippen LogP contribution in [0.25, 0.3) is 6.08 Å². The van der Waals surface area contributed by atoms with Gasteiger partial charge in [-0.2, -0.15) is 0 Å². The van der Waals surface area contributed by atoms with Gasteiger partial charge in [-0.3, -0.25) is 4.90 Å². The molecule has 0 aliphatic heterocycles. The van der Waals surface area contributed by atoms with Crippen molar-refractivity contribution in [3.05, 3.63) is 64.4 Å². The lowest BCUT2D eigenvalue weighted by atomic mass is 9.72. The molecule has 1 aliphatic rings. The van der Waals surface area contributed by atoms with Crippen LogP contribution >= 0.6 is 0 Å². The van der Waals surface area contributed by atoms with Crippen molar-refractivity contribution in [3.8, 4) is 5.95 Å². The topological polar surface area (TPSA) is 58.7 Å². The second-order valence-electron chi connectivity index (χ2n) is 8.89. The smallest absolute Gasteiger partial charge is 0.316 e. The lowest BCUT2D eigenvalue weighted by molar-refractivity contribution is 0.0678. The van der Waals surface area contributed by atoms with Gasteiger partial charge in [0.05, 0.1) is 25.1 Å². The van der Waals surface area contributed by atoms with Gasteiger partial charge in [0.2, 0.25) is 0 Å². The summed E-state index contributed by atoms with van der Waals surface area (Å²) in [5.41, 5.74) is 5.74. The number of allylic oxidation sites excluding steroid dienone is 8. The van der Waals surface area contributed by atoms with Crippen LogP contribution in [-0.4, -0.2) is 42.6 Å². The molecule has 1 N–H and O–H groups in total. The van der Waals surface area contributed by atoms with Crippen LogP contribution in [0, 0.1) is 5.41 Å². The second kappa shape index (κ2) is 11.1. The highest BCUT2D eigenvalue weighted by molar-refractivity contribution is 5.57. The largest absolute Gasteiger partial charge is 0.479 e. The minimum absolute atomic E-state index is 0.161. The Bertz CT molecular complexity index is 851. The van der Waals surface area contributed by atoms with Gasteiger partial charge in [-0.25, -0.2) is 0 Å². The summed E-state index contributed by atoms with van der Waals surface area (Å²) in [5.74, 6) is -0.161. The summed E-state index contributed by atoms with van der Waals surface area (Å²) in [6, 6.07) is 0. The van der Waals surface area contributed by atoms with E-state index in [0.29, 0.717) is 18.9 Å². The van der Waals surface area contributed by atoms with Crippen molar-refractivity contribution in [1.29, 1.82) is 0 Å². The van der Waals surface area contributed by atoms with Crippen LogP contribution in [-0.2, 0) is 4.74 Å². The molecule has 30 heavy (non-hydrogen) atoms. The van der Waals surface area contributed by atoms with Crippen molar-refractivity contribution in [2.45, 2.75) is 47.0 Å². The second-order valence-corrected chi connectivity index (χ2v) is 8.89. The van der Waals surface area contributed by atoms with Crippen LogP contribution < -0.4 is 0 Å². The Morgan fingerprint density at radius 3 is 2.70 bits per heavy atom. The zero-order chi connectivity index (χ0) is 22.1. The fourth-order valence-electron chi connectivity index (χ4n) is 3.59. The third-order valence-corrected chi connectivity index (χ3v) is 5.21. The summed E-state index contributed by atoms with van der Waals surface area (Å²) in [4.78, 5) is 2.05. The van der Waals surface area contributed by atoms with E-state index < -0.39 is 0 Å². The number of nitrogens with zero attached hydrogens (tertiary/aromatic N) is 2. The first kappa shape index (κ1) is 23.9. The zero-order valence-corrected chi connectivity index (χ0v) is 19.2. The first-order chi connectivity index (χ1) is 14.2. The van der Waals surface area contributed by atoms with Crippen molar-refractivity contribution >= 4 is 6.08 Å². The summed E-state index contributed by atoms with van der Waals surface area (Å²) in [7, 11) is 4.04. The third kappa shape index (κ3) is 7.47. The third-order valence-electron chi connectivity index (χ3n) is 5.21. The van der Waals surface area contributed by atoms with Crippen molar-refractivity contribution in [3.63, 3.8) is 0 Å². The Morgan fingerprint density at radius 2 is 2.03 bits per heavy atom. The number of hydrogen-bond acceptors (Lipinski definition) is 5. The average molecular weight is 413 g/mol. The first-order valence-corrected chi connectivity index (χ1v) is 10.5. The van der Waals surface area contributed by atoms with E-state index in [1.54, 1.807) is 0 Å². The normalized spacial score (nSPS) is 18.4. The maximum atomic E-state index is 9.52. The molecule has 0 aromatic carbocycles. The highest BCUT2D eigenvalue weighted by Gasteiger charge is 2.28. The molecule has 1 heterocycles. The molecule has 0 amide bonds. The van der Waals surface area contributed by atoms with Gasteiger partial charge in [0.25, 0.3) is 0 Å². The molecule has 0 fully saturated rings. The van der Waals surface area contributed by atoms with Gasteiger partial charge < -0.3 is 14.4 Å². The van der Waals surface area contributed by atoms with Crippen molar-refractivity contribution in [2.24, 2.45) is 5.41 Å². The maximum absolute atomic E-state index is 9.52. The van der Waals surface area contributed by atoms with E-state index in [1.807, 2.05) is 44.1 Å². The molecule has 0 saturated heterocycles. The zero-order valence-electron chi connectivity index (χ0n) is 19.2. The standard InChI is InChI=1S/C25H36N2O3/c1-19(9-7-10-20(2)15-22-16-26-30-24(22)28)12-13-23-21(17-29-18-27(5)6)11-8-14-25(23,3)4/h7,9-10,12-13,15-16,28H,8,11,14,17-18H2,1-6H3/b10-7+,13-12+,19-9+,20-15+. The van der Waals surface area contributed by atoms with Gasteiger partial charge in [0.1, 0.15) is 0 Å². The molecular weight excluding hydrogens is 376 g/mol. The number of hydrogen-bond donors (Lipinski definition) is 1. The molecule has 0 unspecified atom stereocenters. The maximum Gasteiger partial charge on any atom is 0.316 e. The molecule has 0 atom stereocenters. The van der Waals surface area contributed by atoms with Gasteiger partial charge in [-0.15, -0.1) is 0 Å². The van der Waals surface area contributed by atoms with Crippen molar-refractivity contribution in [2.75, 3.05) is 27.4 Å². The number of aromatic hydroxyl groups is 1.